The molecule has 0 aromatic carbocycles. The second-order valence-corrected chi connectivity index (χ2v) is 14.1. The normalized spacial score (nSPS) is 22.9. The van der Waals surface area contributed by atoms with E-state index in [4.69, 9.17) is 15.6 Å². The Labute approximate surface area is 160 Å². The molecule has 0 unspecified atom stereocenters. The van der Waals surface area contributed by atoms with Gasteiger partial charge < -0.3 is 15.1 Å². The molecule has 1 saturated carbocycles. The molecular weight excluding hydrogens is 396 g/mol. The van der Waals surface area contributed by atoms with Gasteiger partial charge in [-0.15, -0.1) is 0 Å². The summed E-state index contributed by atoms with van der Waals surface area (Å²) in [6, 6.07) is 2.10. The van der Waals surface area contributed by atoms with E-state index in [1.165, 1.54) is 5.69 Å². The van der Waals surface area contributed by atoms with Crippen molar-refractivity contribution in [2.45, 2.75) is 76.6 Å². The third kappa shape index (κ3) is 4.83. The standard InChI is InChI=1S/C18H31BrN4OSi/c1-18(2,3)25(4,5)24-13-8-6-12(7-9-13)15-10-14(19)16(23-15)17(21)22-11-20/h10-13,23H,6-9H2,1-5H3,(H3,20,21,22). The highest BCUT2D eigenvalue weighted by molar-refractivity contribution is 9.10. The lowest BCUT2D eigenvalue weighted by atomic mass is 9.85. The lowest BCUT2D eigenvalue weighted by Gasteiger charge is -2.41. The molecule has 5 nitrogen and oxygen atoms in total. The van der Waals surface area contributed by atoms with Crippen molar-refractivity contribution >= 4 is 36.4 Å². The molecule has 0 spiro atoms. The minimum absolute atomic E-state index is 0.259. The predicted molar refractivity (Wildman–Crippen MR) is 111 cm³/mol. The highest BCUT2D eigenvalue weighted by Gasteiger charge is 2.40. The van der Waals surface area contributed by atoms with E-state index in [0.29, 0.717) is 17.9 Å². The Morgan fingerprint density at radius 3 is 2.48 bits per heavy atom. The Bertz CT molecular complexity index is 640. The highest BCUT2D eigenvalue weighted by Crippen LogP contribution is 2.41. The quantitative estimate of drug-likeness (QED) is 0.345. The fraction of sp³-hybridized carbons (Fsp3) is 0.667. The van der Waals surface area contributed by atoms with Gasteiger partial charge in [-0.25, -0.2) is 4.99 Å². The number of rotatable bonds is 5. The summed E-state index contributed by atoms with van der Waals surface area (Å²) < 4.78 is 7.49. The number of nitrogens with two attached hydrogens (primary N) is 1. The first-order valence-corrected chi connectivity index (χ1v) is 12.6. The lowest BCUT2D eigenvalue weighted by Crippen LogP contribution is -2.44. The maximum absolute atomic E-state index is 7.06. The molecule has 25 heavy (non-hydrogen) atoms. The van der Waals surface area contributed by atoms with E-state index in [-0.39, 0.29) is 5.04 Å². The molecule has 2 rings (SSSR count). The van der Waals surface area contributed by atoms with Crippen LogP contribution in [0.25, 0.3) is 0 Å². The second-order valence-electron chi connectivity index (χ2n) is 8.44. The number of aromatic amines is 1. The Kier molecular flexibility index (Phi) is 6.33. The van der Waals surface area contributed by atoms with Crippen molar-refractivity contribution in [3.63, 3.8) is 0 Å². The van der Waals surface area contributed by atoms with E-state index in [2.05, 4.69) is 65.8 Å². The molecule has 0 aliphatic heterocycles. The van der Waals surface area contributed by atoms with Crippen molar-refractivity contribution < 1.29 is 4.43 Å². The number of halogens is 1. The summed E-state index contributed by atoms with van der Waals surface area (Å²) in [4.78, 5) is 7.23. The van der Waals surface area contributed by atoms with Gasteiger partial charge in [0.15, 0.2) is 8.32 Å². The van der Waals surface area contributed by atoms with Gasteiger partial charge in [0.1, 0.15) is 12.2 Å². The monoisotopic (exact) mass is 426 g/mol. The average Bonchev–Trinajstić information content (AvgIpc) is 2.89. The number of hydrogen-bond acceptors (Lipinski definition) is 2. The van der Waals surface area contributed by atoms with Gasteiger partial charge in [0, 0.05) is 16.3 Å². The van der Waals surface area contributed by atoms with E-state index in [1.807, 2.05) is 0 Å². The van der Waals surface area contributed by atoms with Crippen LogP contribution < -0.4 is 5.73 Å². The molecule has 1 aliphatic carbocycles. The number of aliphatic imine (C=N–C) groups is 1. The number of hydrogen-bond donors (Lipinski definition) is 3. The van der Waals surface area contributed by atoms with Crippen LogP contribution >= 0.6 is 15.9 Å². The molecule has 1 heterocycles. The van der Waals surface area contributed by atoms with Crippen LogP contribution in [0.4, 0.5) is 0 Å². The van der Waals surface area contributed by atoms with Gasteiger partial charge in [0.2, 0.25) is 0 Å². The molecule has 0 bridgehead atoms. The van der Waals surface area contributed by atoms with Crippen LogP contribution in [0.3, 0.4) is 0 Å². The zero-order valence-corrected chi connectivity index (χ0v) is 18.5. The summed E-state index contributed by atoms with van der Waals surface area (Å²) in [5.74, 6) is 0.833. The van der Waals surface area contributed by atoms with Crippen LogP contribution in [-0.4, -0.2) is 31.6 Å². The van der Waals surface area contributed by atoms with E-state index < -0.39 is 8.32 Å². The van der Waals surface area contributed by atoms with E-state index in [0.717, 1.165) is 42.2 Å². The summed E-state index contributed by atoms with van der Waals surface area (Å²) in [6.45, 7) is 11.5. The molecule has 1 aromatic rings. The molecule has 1 aromatic heterocycles. The molecule has 1 aliphatic rings. The molecule has 4 N–H and O–H groups in total. The first-order chi connectivity index (χ1) is 11.5. The van der Waals surface area contributed by atoms with Crippen molar-refractivity contribution in [3.8, 4) is 0 Å². The van der Waals surface area contributed by atoms with Crippen LogP contribution in [0.5, 0.6) is 0 Å². The molecule has 1 fully saturated rings. The smallest absolute Gasteiger partial charge is 0.192 e. The Hall–Kier alpha value is -0.923. The van der Waals surface area contributed by atoms with Gasteiger partial charge in [0.05, 0.1) is 5.69 Å². The Morgan fingerprint density at radius 1 is 1.36 bits per heavy atom. The van der Waals surface area contributed by atoms with Gasteiger partial charge in [-0.1, -0.05) is 20.8 Å². The highest BCUT2D eigenvalue weighted by atomic mass is 79.9. The van der Waals surface area contributed by atoms with Crippen molar-refractivity contribution in [1.82, 2.24) is 4.98 Å². The third-order valence-corrected chi connectivity index (χ3v) is 10.8. The number of amidine groups is 1. The molecule has 0 saturated heterocycles. The number of nitrogens with zero attached hydrogens (tertiary/aromatic N) is 1. The van der Waals surface area contributed by atoms with Gasteiger partial charge in [0.25, 0.3) is 0 Å². The third-order valence-electron chi connectivity index (χ3n) is 5.63. The maximum atomic E-state index is 7.06. The van der Waals surface area contributed by atoms with Crippen LogP contribution in [0.1, 0.15) is 63.8 Å². The van der Waals surface area contributed by atoms with Gasteiger partial charge in [-0.05, 0) is 71.7 Å². The van der Waals surface area contributed by atoms with Crippen LogP contribution in [0, 0.1) is 5.41 Å². The van der Waals surface area contributed by atoms with Gasteiger partial charge >= 0.3 is 0 Å². The summed E-state index contributed by atoms with van der Waals surface area (Å²) in [6.07, 6.45) is 5.80. The second kappa shape index (κ2) is 7.76. The minimum atomic E-state index is -1.69. The summed E-state index contributed by atoms with van der Waals surface area (Å²) in [5.41, 5.74) is 7.86. The lowest BCUT2D eigenvalue weighted by molar-refractivity contribution is 0.129. The fourth-order valence-corrected chi connectivity index (χ4v) is 5.05. The van der Waals surface area contributed by atoms with Crippen LogP contribution in [-0.2, 0) is 4.43 Å². The number of H-pyrrole nitrogens is 1. The van der Waals surface area contributed by atoms with E-state index in [1.54, 1.807) is 0 Å². The Balaban J connectivity index is 2.00. The SMILES string of the molecule is CC(C)(C)[Si](C)(C)OC1CCC(c2cc(Br)c(C(N)=NC=N)[nH]2)CC1. The zero-order valence-electron chi connectivity index (χ0n) is 15.9. The maximum Gasteiger partial charge on any atom is 0.192 e. The zero-order chi connectivity index (χ0) is 18.8. The van der Waals surface area contributed by atoms with Gasteiger partial charge in [-0.3, -0.25) is 5.41 Å². The van der Waals surface area contributed by atoms with E-state index >= 15 is 0 Å². The molecule has 0 amide bonds. The minimum Gasteiger partial charge on any atom is -0.414 e. The first kappa shape index (κ1) is 20.4. The van der Waals surface area contributed by atoms with Crippen LogP contribution in [0.15, 0.2) is 15.5 Å². The summed E-state index contributed by atoms with van der Waals surface area (Å²) in [7, 11) is -1.69. The molecule has 140 valence electrons. The molecule has 0 atom stereocenters. The topological polar surface area (TPSA) is 87.2 Å². The van der Waals surface area contributed by atoms with Crippen molar-refractivity contribution in [2.24, 2.45) is 10.7 Å². The van der Waals surface area contributed by atoms with E-state index in [9.17, 15) is 0 Å². The van der Waals surface area contributed by atoms with Crippen molar-refractivity contribution in [2.75, 3.05) is 0 Å². The van der Waals surface area contributed by atoms with Gasteiger partial charge in [-0.2, -0.15) is 0 Å². The average molecular weight is 427 g/mol. The number of nitrogens with one attached hydrogen (secondary N) is 2. The largest absolute Gasteiger partial charge is 0.414 e. The predicted octanol–water partition coefficient (Wildman–Crippen LogP) is 5.14. The number of aromatic nitrogens is 1. The Morgan fingerprint density at radius 2 is 1.96 bits per heavy atom. The first-order valence-electron chi connectivity index (χ1n) is 8.94. The summed E-state index contributed by atoms with van der Waals surface area (Å²) in [5, 5.41) is 7.32. The van der Waals surface area contributed by atoms with Crippen molar-refractivity contribution in [3.05, 3.63) is 21.9 Å². The molecule has 0 radical (unpaired) electrons. The fourth-order valence-electron chi connectivity index (χ4n) is 3.07. The summed E-state index contributed by atoms with van der Waals surface area (Å²) >= 11 is 3.54. The van der Waals surface area contributed by atoms with Crippen LogP contribution in [0.2, 0.25) is 18.1 Å². The molecule has 7 heteroatoms. The molecular formula is C18H31BrN4OSi. The van der Waals surface area contributed by atoms with Crippen molar-refractivity contribution in [1.29, 1.82) is 5.41 Å².